The summed E-state index contributed by atoms with van der Waals surface area (Å²) in [6, 6.07) is 15.1. The van der Waals surface area contributed by atoms with Gasteiger partial charge in [-0.05, 0) is 36.4 Å². The summed E-state index contributed by atoms with van der Waals surface area (Å²) in [7, 11) is 4.74. The number of hydrogen-bond donors (Lipinski definition) is 0. The van der Waals surface area contributed by atoms with E-state index in [2.05, 4.69) is 9.97 Å². The van der Waals surface area contributed by atoms with E-state index in [1.807, 2.05) is 48.5 Å². The lowest BCUT2D eigenvalue weighted by Crippen LogP contribution is -1.97. The monoisotopic (exact) mass is 362 g/mol. The molecule has 0 saturated carbocycles. The number of aromatic nitrogens is 2. The lowest BCUT2D eigenvalue weighted by molar-refractivity contribution is 0.324. The van der Waals surface area contributed by atoms with Gasteiger partial charge in [-0.1, -0.05) is 12.1 Å². The Morgan fingerprint density at radius 2 is 1.59 bits per heavy atom. The predicted molar refractivity (Wildman–Crippen MR) is 102 cm³/mol. The van der Waals surface area contributed by atoms with Crippen LogP contribution >= 0.6 is 0 Å². The number of oxazole rings is 1. The Balaban J connectivity index is 1.91. The maximum atomic E-state index is 5.94. The lowest BCUT2D eigenvalue weighted by Gasteiger charge is -2.14. The smallest absolute Gasteiger partial charge is 0.229 e. The summed E-state index contributed by atoms with van der Waals surface area (Å²) < 4.78 is 22.3. The molecule has 0 fully saturated rings. The lowest BCUT2D eigenvalue weighted by atomic mass is 10.0. The standard InChI is InChI=1S/C21H18N2O4/c1-24-17-11-13(12-18(25-2)20(17)26-3)19-14(7-6-10-22-19)21-23-15-8-4-5-9-16(15)27-21/h4-12H,1-3H3. The molecule has 27 heavy (non-hydrogen) atoms. The molecule has 4 aromatic rings. The molecule has 0 spiro atoms. The fraction of sp³-hybridized carbons (Fsp3) is 0.143. The van der Waals surface area contributed by atoms with Gasteiger partial charge >= 0.3 is 0 Å². The Morgan fingerprint density at radius 1 is 0.852 bits per heavy atom. The van der Waals surface area contributed by atoms with Crippen molar-refractivity contribution in [3.8, 4) is 40.0 Å². The van der Waals surface area contributed by atoms with Gasteiger partial charge < -0.3 is 18.6 Å². The van der Waals surface area contributed by atoms with Crippen molar-refractivity contribution in [1.29, 1.82) is 0 Å². The number of methoxy groups -OCH3 is 3. The van der Waals surface area contributed by atoms with E-state index in [0.717, 1.165) is 22.2 Å². The van der Waals surface area contributed by atoms with Crippen LogP contribution in [0.3, 0.4) is 0 Å². The Bertz CT molecular complexity index is 1050. The van der Waals surface area contributed by atoms with Gasteiger partial charge in [0.1, 0.15) is 5.52 Å². The van der Waals surface area contributed by atoms with Crippen molar-refractivity contribution in [3.63, 3.8) is 0 Å². The average molecular weight is 362 g/mol. The van der Waals surface area contributed by atoms with Crippen molar-refractivity contribution in [2.45, 2.75) is 0 Å². The Labute approximate surface area is 156 Å². The van der Waals surface area contributed by atoms with Crippen LogP contribution in [0.25, 0.3) is 33.8 Å². The van der Waals surface area contributed by atoms with Gasteiger partial charge in [-0.3, -0.25) is 4.98 Å². The van der Waals surface area contributed by atoms with E-state index in [4.69, 9.17) is 18.6 Å². The molecule has 0 amide bonds. The maximum absolute atomic E-state index is 5.94. The number of pyridine rings is 1. The van der Waals surface area contributed by atoms with Crippen LogP contribution in [0.4, 0.5) is 0 Å². The Morgan fingerprint density at radius 3 is 2.26 bits per heavy atom. The molecule has 0 N–H and O–H groups in total. The van der Waals surface area contributed by atoms with E-state index >= 15 is 0 Å². The molecule has 2 heterocycles. The van der Waals surface area contributed by atoms with Crippen molar-refractivity contribution in [2.75, 3.05) is 21.3 Å². The number of fused-ring (bicyclic) bond motifs is 1. The van der Waals surface area contributed by atoms with Crippen LogP contribution in [0.1, 0.15) is 0 Å². The number of para-hydroxylation sites is 2. The summed E-state index contributed by atoms with van der Waals surface area (Å²) in [6.07, 6.45) is 1.73. The molecular weight excluding hydrogens is 344 g/mol. The molecule has 0 radical (unpaired) electrons. The minimum atomic E-state index is 0.507. The van der Waals surface area contributed by atoms with Crippen molar-refractivity contribution in [3.05, 3.63) is 54.7 Å². The molecule has 136 valence electrons. The second-order valence-electron chi connectivity index (χ2n) is 5.80. The second-order valence-corrected chi connectivity index (χ2v) is 5.80. The largest absolute Gasteiger partial charge is 0.493 e. The first-order chi connectivity index (χ1) is 13.2. The van der Waals surface area contributed by atoms with E-state index in [1.165, 1.54) is 0 Å². The molecule has 0 aliphatic rings. The minimum Gasteiger partial charge on any atom is -0.493 e. The molecule has 2 aromatic carbocycles. The molecule has 0 aliphatic carbocycles. The number of nitrogens with zero attached hydrogens (tertiary/aromatic N) is 2. The zero-order valence-electron chi connectivity index (χ0n) is 15.2. The first-order valence-corrected chi connectivity index (χ1v) is 8.36. The minimum absolute atomic E-state index is 0.507. The van der Waals surface area contributed by atoms with Crippen LogP contribution in [-0.2, 0) is 0 Å². The quantitative estimate of drug-likeness (QED) is 0.518. The molecule has 0 saturated heterocycles. The summed E-state index contributed by atoms with van der Waals surface area (Å²) in [5, 5.41) is 0. The number of ether oxygens (including phenoxy) is 3. The van der Waals surface area contributed by atoms with Crippen molar-refractivity contribution < 1.29 is 18.6 Å². The van der Waals surface area contributed by atoms with E-state index < -0.39 is 0 Å². The Kier molecular flexibility index (Phi) is 4.38. The van der Waals surface area contributed by atoms with Crippen LogP contribution < -0.4 is 14.2 Å². The molecule has 0 bridgehead atoms. The normalized spacial score (nSPS) is 10.8. The summed E-state index contributed by atoms with van der Waals surface area (Å²) in [4.78, 5) is 9.14. The molecule has 0 aliphatic heterocycles. The van der Waals surface area contributed by atoms with E-state index in [1.54, 1.807) is 27.5 Å². The zero-order valence-corrected chi connectivity index (χ0v) is 15.2. The highest BCUT2D eigenvalue weighted by Crippen LogP contribution is 2.42. The third-order valence-electron chi connectivity index (χ3n) is 4.27. The first kappa shape index (κ1) is 16.9. The topological polar surface area (TPSA) is 66.6 Å². The van der Waals surface area contributed by atoms with Crippen molar-refractivity contribution >= 4 is 11.1 Å². The fourth-order valence-electron chi connectivity index (χ4n) is 3.01. The summed E-state index contributed by atoms with van der Waals surface area (Å²) in [5.41, 5.74) is 3.83. The van der Waals surface area contributed by atoms with Crippen LogP contribution in [0, 0.1) is 0 Å². The van der Waals surface area contributed by atoms with Crippen LogP contribution in [-0.4, -0.2) is 31.3 Å². The molecule has 0 unspecified atom stereocenters. The molecule has 2 aromatic heterocycles. The van der Waals surface area contributed by atoms with E-state index in [-0.39, 0.29) is 0 Å². The highest BCUT2D eigenvalue weighted by molar-refractivity contribution is 5.83. The van der Waals surface area contributed by atoms with Gasteiger partial charge in [-0.2, -0.15) is 0 Å². The number of rotatable bonds is 5. The molecular formula is C21H18N2O4. The van der Waals surface area contributed by atoms with Gasteiger partial charge in [0, 0.05) is 11.8 Å². The third-order valence-corrected chi connectivity index (χ3v) is 4.27. The fourth-order valence-corrected chi connectivity index (χ4v) is 3.01. The van der Waals surface area contributed by atoms with E-state index in [0.29, 0.717) is 28.8 Å². The third kappa shape index (κ3) is 2.95. The van der Waals surface area contributed by atoms with Crippen molar-refractivity contribution in [2.24, 2.45) is 0 Å². The van der Waals surface area contributed by atoms with Crippen LogP contribution in [0.5, 0.6) is 17.2 Å². The zero-order chi connectivity index (χ0) is 18.8. The van der Waals surface area contributed by atoms with Gasteiger partial charge in [0.15, 0.2) is 17.1 Å². The SMILES string of the molecule is COc1cc(-c2ncccc2-c2nc3ccccc3o2)cc(OC)c1OC. The van der Waals surface area contributed by atoms with Crippen LogP contribution in [0.15, 0.2) is 59.1 Å². The maximum Gasteiger partial charge on any atom is 0.229 e. The first-order valence-electron chi connectivity index (χ1n) is 8.36. The van der Waals surface area contributed by atoms with Gasteiger partial charge in [0.2, 0.25) is 11.6 Å². The number of hydrogen-bond acceptors (Lipinski definition) is 6. The second kappa shape index (κ2) is 6.99. The average Bonchev–Trinajstić information content (AvgIpc) is 3.16. The van der Waals surface area contributed by atoms with E-state index in [9.17, 15) is 0 Å². The van der Waals surface area contributed by atoms with Gasteiger partial charge in [0.05, 0.1) is 32.6 Å². The van der Waals surface area contributed by atoms with Gasteiger partial charge in [-0.15, -0.1) is 0 Å². The molecule has 6 nitrogen and oxygen atoms in total. The highest BCUT2D eigenvalue weighted by atomic mass is 16.5. The van der Waals surface area contributed by atoms with Gasteiger partial charge in [-0.25, -0.2) is 4.98 Å². The summed E-state index contributed by atoms with van der Waals surface area (Å²) in [6.45, 7) is 0. The van der Waals surface area contributed by atoms with Crippen LogP contribution in [0.2, 0.25) is 0 Å². The molecule has 4 rings (SSSR count). The molecule has 6 heteroatoms. The number of benzene rings is 2. The predicted octanol–water partition coefficient (Wildman–Crippen LogP) is 4.58. The highest BCUT2D eigenvalue weighted by Gasteiger charge is 2.19. The Hall–Kier alpha value is -3.54. The summed E-state index contributed by atoms with van der Waals surface area (Å²) >= 11 is 0. The summed E-state index contributed by atoms with van der Waals surface area (Å²) in [5.74, 6) is 2.15. The van der Waals surface area contributed by atoms with Gasteiger partial charge in [0.25, 0.3) is 0 Å². The van der Waals surface area contributed by atoms with Crippen molar-refractivity contribution in [1.82, 2.24) is 9.97 Å². The molecule has 0 atom stereocenters.